The third kappa shape index (κ3) is 1.99. The van der Waals surface area contributed by atoms with Crippen LogP contribution in [0.4, 0.5) is 0 Å². The average Bonchev–Trinajstić information content (AvgIpc) is 3.19. The van der Waals surface area contributed by atoms with E-state index < -0.39 is 0 Å². The van der Waals surface area contributed by atoms with Gasteiger partial charge in [0.2, 0.25) is 0 Å². The van der Waals surface area contributed by atoms with Crippen molar-refractivity contribution in [3.05, 3.63) is 48.0 Å². The molecule has 2 aromatic carbocycles. The van der Waals surface area contributed by atoms with Gasteiger partial charge < -0.3 is 4.74 Å². The molecule has 1 unspecified atom stereocenters. The zero-order valence-corrected chi connectivity index (χ0v) is 10.4. The maximum atomic E-state index is 11.6. The van der Waals surface area contributed by atoms with Gasteiger partial charge in [0, 0.05) is 0 Å². The molecule has 1 aliphatic carbocycles. The lowest BCUT2D eigenvalue weighted by atomic mass is 10.0. The number of fused-ring (bicyclic) bond motifs is 1. The van der Waals surface area contributed by atoms with Crippen molar-refractivity contribution in [3.63, 3.8) is 0 Å². The molecule has 18 heavy (non-hydrogen) atoms. The predicted molar refractivity (Wildman–Crippen MR) is 71.4 cm³/mol. The van der Waals surface area contributed by atoms with E-state index in [1.165, 1.54) is 16.3 Å². The second-order valence-corrected chi connectivity index (χ2v) is 4.81. The molecule has 0 radical (unpaired) electrons. The molecule has 0 aromatic heterocycles. The van der Waals surface area contributed by atoms with Gasteiger partial charge in [-0.25, -0.2) is 0 Å². The highest BCUT2D eigenvalue weighted by Crippen LogP contribution is 2.48. The molecule has 3 rings (SSSR count). The largest absolute Gasteiger partial charge is 0.466 e. The van der Waals surface area contributed by atoms with Gasteiger partial charge in [-0.15, -0.1) is 0 Å². The molecule has 1 aliphatic rings. The molecule has 2 heteroatoms. The summed E-state index contributed by atoms with van der Waals surface area (Å²) in [6.07, 6.45) is 0.928. The summed E-state index contributed by atoms with van der Waals surface area (Å²) >= 11 is 0. The molecule has 0 amide bonds. The van der Waals surface area contributed by atoms with Gasteiger partial charge in [-0.3, -0.25) is 4.79 Å². The molecular formula is C16H16O2. The molecule has 0 spiro atoms. The second-order valence-electron chi connectivity index (χ2n) is 4.81. The lowest BCUT2D eigenvalue weighted by molar-refractivity contribution is -0.144. The maximum Gasteiger partial charge on any atom is 0.309 e. The molecule has 2 atom stereocenters. The summed E-state index contributed by atoms with van der Waals surface area (Å²) in [5, 5.41) is 2.49. The van der Waals surface area contributed by atoms with E-state index in [0.717, 1.165) is 6.42 Å². The Morgan fingerprint density at radius 3 is 2.78 bits per heavy atom. The first-order valence-electron chi connectivity index (χ1n) is 6.45. The van der Waals surface area contributed by atoms with E-state index in [9.17, 15) is 4.79 Å². The first-order valence-corrected chi connectivity index (χ1v) is 6.45. The van der Waals surface area contributed by atoms with Crippen molar-refractivity contribution < 1.29 is 9.53 Å². The van der Waals surface area contributed by atoms with Gasteiger partial charge in [0.15, 0.2) is 0 Å². The van der Waals surface area contributed by atoms with Crippen LogP contribution in [-0.2, 0) is 9.53 Å². The standard InChI is InChI=1S/C16H16O2/c1-2-18-16(17)15-10-14(15)13-8-7-11-5-3-4-6-12(11)9-13/h3-9,14-15H,2,10H2,1H3/t14-,15?/m0/s1. The minimum Gasteiger partial charge on any atom is -0.466 e. The smallest absolute Gasteiger partial charge is 0.309 e. The zero-order valence-electron chi connectivity index (χ0n) is 10.4. The fraction of sp³-hybridized carbons (Fsp3) is 0.312. The third-order valence-electron chi connectivity index (χ3n) is 3.58. The summed E-state index contributed by atoms with van der Waals surface area (Å²) in [7, 11) is 0. The van der Waals surface area contributed by atoms with Crippen molar-refractivity contribution in [1.82, 2.24) is 0 Å². The first kappa shape index (κ1) is 11.3. The summed E-state index contributed by atoms with van der Waals surface area (Å²) < 4.78 is 5.07. The minimum absolute atomic E-state index is 0.0457. The Labute approximate surface area is 107 Å². The summed E-state index contributed by atoms with van der Waals surface area (Å²) in [6, 6.07) is 14.8. The van der Waals surface area contributed by atoms with E-state index in [2.05, 4.69) is 30.3 Å². The van der Waals surface area contributed by atoms with Crippen molar-refractivity contribution in [2.24, 2.45) is 5.92 Å². The zero-order chi connectivity index (χ0) is 12.5. The predicted octanol–water partition coefficient (Wildman–Crippen LogP) is 3.51. The van der Waals surface area contributed by atoms with Crippen LogP contribution < -0.4 is 0 Å². The van der Waals surface area contributed by atoms with E-state index in [1.807, 2.05) is 19.1 Å². The molecule has 0 aliphatic heterocycles. The first-order chi connectivity index (χ1) is 8.79. The highest BCUT2D eigenvalue weighted by molar-refractivity contribution is 5.84. The summed E-state index contributed by atoms with van der Waals surface area (Å²) in [6.45, 7) is 2.32. The number of carbonyl (C=O) groups is 1. The van der Waals surface area contributed by atoms with Gasteiger partial charge in [0.25, 0.3) is 0 Å². The van der Waals surface area contributed by atoms with Gasteiger partial charge in [0.05, 0.1) is 12.5 Å². The SMILES string of the molecule is CCOC(=O)C1C[C@H]1c1ccc2ccccc2c1. The molecule has 0 bridgehead atoms. The van der Waals surface area contributed by atoms with Crippen LogP contribution in [0, 0.1) is 5.92 Å². The Bertz CT molecular complexity index is 588. The van der Waals surface area contributed by atoms with Crippen molar-refractivity contribution in [3.8, 4) is 0 Å². The molecule has 2 aromatic rings. The van der Waals surface area contributed by atoms with Crippen LogP contribution in [0.5, 0.6) is 0 Å². The lowest BCUT2D eigenvalue weighted by Crippen LogP contribution is -2.07. The maximum absolute atomic E-state index is 11.6. The molecule has 0 heterocycles. The summed E-state index contributed by atoms with van der Waals surface area (Å²) in [5.41, 5.74) is 1.26. The second kappa shape index (κ2) is 4.45. The number of rotatable bonds is 3. The van der Waals surface area contributed by atoms with Crippen LogP contribution in [0.25, 0.3) is 10.8 Å². The van der Waals surface area contributed by atoms with Gasteiger partial charge in [-0.1, -0.05) is 42.5 Å². The third-order valence-corrected chi connectivity index (χ3v) is 3.58. The van der Waals surface area contributed by atoms with Crippen LogP contribution in [0.2, 0.25) is 0 Å². The molecular weight excluding hydrogens is 224 g/mol. The molecule has 1 fully saturated rings. The fourth-order valence-corrected chi connectivity index (χ4v) is 2.51. The molecule has 92 valence electrons. The number of carbonyl (C=O) groups excluding carboxylic acids is 1. The Hall–Kier alpha value is -1.83. The van der Waals surface area contributed by atoms with Crippen molar-refractivity contribution in [2.75, 3.05) is 6.61 Å². The highest BCUT2D eigenvalue weighted by Gasteiger charge is 2.45. The molecule has 0 N–H and O–H groups in total. The Balaban J connectivity index is 1.82. The number of hydrogen-bond acceptors (Lipinski definition) is 2. The topological polar surface area (TPSA) is 26.3 Å². The van der Waals surface area contributed by atoms with Crippen LogP contribution in [0.3, 0.4) is 0 Å². The number of ether oxygens (including phenoxy) is 1. The van der Waals surface area contributed by atoms with Crippen molar-refractivity contribution in [1.29, 1.82) is 0 Å². The van der Waals surface area contributed by atoms with Crippen LogP contribution >= 0.6 is 0 Å². The Kier molecular flexibility index (Phi) is 2.78. The Morgan fingerprint density at radius 1 is 1.22 bits per heavy atom. The Morgan fingerprint density at radius 2 is 2.00 bits per heavy atom. The van der Waals surface area contributed by atoms with E-state index in [0.29, 0.717) is 12.5 Å². The van der Waals surface area contributed by atoms with E-state index >= 15 is 0 Å². The average molecular weight is 240 g/mol. The minimum atomic E-state index is -0.0457. The van der Waals surface area contributed by atoms with Gasteiger partial charge >= 0.3 is 5.97 Å². The van der Waals surface area contributed by atoms with Gasteiger partial charge in [-0.2, -0.15) is 0 Å². The molecule has 1 saturated carbocycles. The monoisotopic (exact) mass is 240 g/mol. The summed E-state index contributed by atoms with van der Waals surface area (Å²) in [4.78, 5) is 11.6. The normalized spacial score (nSPS) is 21.8. The van der Waals surface area contributed by atoms with Crippen molar-refractivity contribution in [2.45, 2.75) is 19.3 Å². The quantitative estimate of drug-likeness (QED) is 0.767. The fourth-order valence-electron chi connectivity index (χ4n) is 2.51. The van der Waals surface area contributed by atoms with Crippen LogP contribution in [-0.4, -0.2) is 12.6 Å². The highest BCUT2D eigenvalue weighted by atomic mass is 16.5. The van der Waals surface area contributed by atoms with E-state index in [-0.39, 0.29) is 11.9 Å². The number of hydrogen-bond donors (Lipinski definition) is 0. The number of esters is 1. The van der Waals surface area contributed by atoms with Crippen LogP contribution in [0.15, 0.2) is 42.5 Å². The van der Waals surface area contributed by atoms with E-state index in [1.54, 1.807) is 0 Å². The van der Waals surface area contributed by atoms with E-state index in [4.69, 9.17) is 4.74 Å². The van der Waals surface area contributed by atoms with Crippen molar-refractivity contribution >= 4 is 16.7 Å². The lowest BCUT2D eigenvalue weighted by Gasteiger charge is -2.03. The van der Waals surface area contributed by atoms with Crippen LogP contribution in [0.1, 0.15) is 24.8 Å². The molecule has 2 nitrogen and oxygen atoms in total. The molecule has 0 saturated heterocycles. The summed E-state index contributed by atoms with van der Waals surface area (Å²) in [5.74, 6) is 0.385. The van der Waals surface area contributed by atoms with Gasteiger partial charge in [0.1, 0.15) is 0 Å². The van der Waals surface area contributed by atoms with Gasteiger partial charge in [-0.05, 0) is 35.6 Å². The number of benzene rings is 2.